The summed E-state index contributed by atoms with van der Waals surface area (Å²) >= 11 is 16.6. The number of likely N-dealkylation sites (N-methyl/N-ethyl adjacent to an activating group) is 1. The molecule has 0 radical (unpaired) electrons. The number of ether oxygens (including phenoxy) is 3. The zero-order chi connectivity index (χ0) is 49.7. The smallest absolute Gasteiger partial charge is 0.137 e. The van der Waals surface area contributed by atoms with Gasteiger partial charge >= 0.3 is 0 Å². The summed E-state index contributed by atoms with van der Waals surface area (Å²) < 4.78 is 18.8. The third-order valence-corrected chi connectivity index (χ3v) is 16.4. The predicted molar refractivity (Wildman–Crippen MR) is 274 cm³/mol. The van der Waals surface area contributed by atoms with Gasteiger partial charge in [0.1, 0.15) is 73.8 Å². The number of nitrogens with zero attached hydrogens (tertiary/aromatic N) is 1. The number of benzene rings is 4. The molecule has 2 aliphatic rings. The van der Waals surface area contributed by atoms with Crippen LogP contribution in [0.25, 0.3) is 20.9 Å². The molecule has 12 nitrogen and oxygen atoms in total. The summed E-state index contributed by atoms with van der Waals surface area (Å²) in [4.78, 5) is 4.46. The first-order valence-corrected chi connectivity index (χ1v) is 26.0. The minimum Gasteiger partial charge on any atom is -0.488 e. The Morgan fingerprint density at radius 3 is 1.59 bits per heavy atom. The van der Waals surface area contributed by atoms with Gasteiger partial charge in [0.25, 0.3) is 0 Å². The highest BCUT2D eigenvalue weighted by Crippen LogP contribution is 2.39. The topological polar surface area (TPSA) is 190 Å². The molecule has 4 heterocycles. The number of hydrogen-bond acceptors (Lipinski definition) is 13. The number of aliphatic hydroxyl groups excluding tert-OH is 8. The van der Waals surface area contributed by atoms with Crippen molar-refractivity contribution in [1.82, 2.24) is 0 Å². The average Bonchev–Trinajstić information content (AvgIpc) is 4.03. The van der Waals surface area contributed by atoms with E-state index in [1.165, 1.54) is 5.56 Å². The lowest BCUT2D eigenvalue weighted by Crippen LogP contribution is -2.55. The summed E-state index contributed by atoms with van der Waals surface area (Å²) in [6.45, 7) is 1.75. The number of rotatable bonds is 19. The van der Waals surface area contributed by atoms with E-state index in [-0.39, 0.29) is 13.0 Å². The fraction of sp³-hybridized carbons (Fsp3) is 0.407. The normalized spacial score (nSPS) is 25.0. The maximum atomic E-state index is 10.7. The highest BCUT2D eigenvalue weighted by molar-refractivity contribution is 7.15. The van der Waals surface area contributed by atoms with Crippen LogP contribution in [0.15, 0.2) is 109 Å². The van der Waals surface area contributed by atoms with Gasteiger partial charge in [-0.1, -0.05) is 71.7 Å². The Balaban J connectivity index is 0.777. The molecule has 8 N–H and O–H groups in total. The molecule has 0 unspecified atom stereocenters. The van der Waals surface area contributed by atoms with Crippen LogP contribution in [0.4, 0.5) is 0 Å². The van der Waals surface area contributed by atoms with Gasteiger partial charge in [0.15, 0.2) is 0 Å². The van der Waals surface area contributed by atoms with Crippen molar-refractivity contribution in [3.63, 3.8) is 0 Å². The summed E-state index contributed by atoms with van der Waals surface area (Å²) in [5.41, 5.74) is 6.43. The Hall–Kier alpha value is -3.78. The van der Waals surface area contributed by atoms with Gasteiger partial charge < -0.3 is 59.5 Å². The van der Waals surface area contributed by atoms with Crippen LogP contribution in [0.5, 0.6) is 5.75 Å². The molecule has 374 valence electrons. The lowest BCUT2D eigenvalue weighted by Gasteiger charge is -2.41. The Morgan fingerprint density at radius 2 is 1.07 bits per heavy atom. The van der Waals surface area contributed by atoms with Gasteiger partial charge in [-0.15, -0.1) is 22.7 Å². The molecular formula is C54H62Cl2NO11S2+. The second kappa shape index (κ2) is 23.4. The van der Waals surface area contributed by atoms with E-state index in [2.05, 4.69) is 74.8 Å². The number of thiophene rings is 2. The standard InChI is InChI=1S/C54H62Cl2NO11S2/c1-57(2,22-3-4-31-5-7-32(8-6-31)45-19-15-39(69-45)29-37-27-35(12-18-42(37)56)54-52(65)50(63)48(61)44(30-59)68-54)23-25-66-38-13-9-33(10-14-38)46-20-16-40(70-46)28-36-26-34(11-17-41(36)55)53-51(64)49(62)47(60)43(67-53)21-24-58/h5-20,26-27,43-44,47-54,58-65H,3-4,21-25,28-30H2,1-2H3/q+1/t43-,44-,47-,48-,49+,50+,51-,52-,53+,54+/m1/s1. The van der Waals surface area contributed by atoms with Crippen molar-refractivity contribution >= 4 is 45.9 Å². The Bertz CT molecular complexity index is 2640. The lowest BCUT2D eigenvalue weighted by atomic mass is 9.89. The van der Waals surface area contributed by atoms with Gasteiger partial charge in [-0.25, -0.2) is 0 Å². The van der Waals surface area contributed by atoms with E-state index in [9.17, 15) is 40.9 Å². The first kappa shape index (κ1) is 52.5. The SMILES string of the molecule is C[N+](C)(CCCc1ccc(-c2ccc(Cc3cc([C@@H]4O[C@H](CO)[C@@H](O)[C@H](O)[C@H]4O)ccc3Cl)s2)cc1)CCOc1ccc(-c2ccc(Cc3cc([C@@H]4O[C@H](CCO)[C@@H](O)[C@H](O)[C@H]4O)ccc3Cl)s2)cc1. The van der Waals surface area contributed by atoms with Crippen LogP contribution < -0.4 is 4.74 Å². The third kappa shape index (κ3) is 12.5. The zero-order valence-electron chi connectivity index (χ0n) is 39.1. The van der Waals surface area contributed by atoms with Crippen molar-refractivity contribution in [2.24, 2.45) is 0 Å². The van der Waals surface area contributed by atoms with Crippen LogP contribution in [0, 0.1) is 0 Å². The van der Waals surface area contributed by atoms with Crippen molar-refractivity contribution < 1.29 is 59.5 Å². The molecule has 2 saturated heterocycles. The van der Waals surface area contributed by atoms with Crippen LogP contribution in [-0.4, -0.2) is 141 Å². The molecule has 2 aromatic heterocycles. The number of quaternary nitrogens is 1. The second-order valence-electron chi connectivity index (χ2n) is 19.0. The molecule has 0 aliphatic carbocycles. The first-order chi connectivity index (χ1) is 33.6. The Labute approximate surface area is 426 Å². The number of hydrogen-bond donors (Lipinski definition) is 8. The largest absolute Gasteiger partial charge is 0.488 e. The van der Waals surface area contributed by atoms with Gasteiger partial charge in [0, 0.05) is 55.4 Å². The maximum absolute atomic E-state index is 10.7. The fourth-order valence-corrected chi connectivity index (χ4v) is 11.6. The summed E-state index contributed by atoms with van der Waals surface area (Å²) in [7, 11) is 4.47. The Kier molecular flexibility index (Phi) is 17.6. The van der Waals surface area contributed by atoms with E-state index in [0.29, 0.717) is 40.6 Å². The van der Waals surface area contributed by atoms with Crippen LogP contribution in [0.3, 0.4) is 0 Å². The maximum Gasteiger partial charge on any atom is 0.137 e. The van der Waals surface area contributed by atoms with Crippen molar-refractivity contribution in [3.8, 4) is 26.6 Å². The van der Waals surface area contributed by atoms with E-state index in [0.717, 1.165) is 77.9 Å². The Morgan fingerprint density at radius 1 is 0.571 bits per heavy atom. The van der Waals surface area contributed by atoms with E-state index in [1.807, 2.05) is 24.3 Å². The molecule has 2 aliphatic heterocycles. The van der Waals surface area contributed by atoms with Gasteiger partial charge in [0.05, 0.1) is 33.4 Å². The third-order valence-electron chi connectivity index (χ3n) is 13.4. The van der Waals surface area contributed by atoms with Gasteiger partial charge in [-0.3, -0.25) is 0 Å². The molecule has 0 bridgehead atoms. The average molecular weight is 1040 g/mol. The van der Waals surface area contributed by atoms with Crippen molar-refractivity contribution in [2.75, 3.05) is 47.0 Å². The molecule has 6 aromatic rings. The van der Waals surface area contributed by atoms with E-state index < -0.39 is 67.6 Å². The molecule has 8 rings (SSSR count). The molecule has 0 amide bonds. The number of halogens is 2. The molecule has 4 aromatic carbocycles. The fourth-order valence-electron chi connectivity index (χ4n) is 9.20. The highest BCUT2D eigenvalue weighted by atomic mass is 35.5. The van der Waals surface area contributed by atoms with Crippen LogP contribution >= 0.6 is 45.9 Å². The molecular weight excluding hydrogens is 974 g/mol. The summed E-state index contributed by atoms with van der Waals surface area (Å²) in [6, 6.07) is 36.0. The number of aryl methyl sites for hydroxylation is 1. The van der Waals surface area contributed by atoms with E-state index in [1.54, 1.807) is 46.9 Å². The highest BCUT2D eigenvalue weighted by Gasteiger charge is 2.45. The zero-order valence-corrected chi connectivity index (χ0v) is 42.2. The van der Waals surface area contributed by atoms with Gasteiger partial charge in [0.2, 0.25) is 0 Å². The molecule has 16 heteroatoms. The van der Waals surface area contributed by atoms with E-state index >= 15 is 0 Å². The predicted octanol–water partition coefficient (Wildman–Crippen LogP) is 7.14. The van der Waals surface area contributed by atoms with Gasteiger partial charge in [-0.05, 0) is 112 Å². The molecule has 10 atom stereocenters. The van der Waals surface area contributed by atoms with Crippen LogP contribution in [0.1, 0.15) is 62.6 Å². The van der Waals surface area contributed by atoms with Crippen molar-refractivity contribution in [1.29, 1.82) is 0 Å². The van der Waals surface area contributed by atoms with Crippen molar-refractivity contribution in [2.45, 2.75) is 93.1 Å². The second-order valence-corrected chi connectivity index (χ2v) is 22.1. The first-order valence-electron chi connectivity index (χ1n) is 23.6. The minimum absolute atomic E-state index is 0.133. The minimum atomic E-state index is -1.45. The number of aliphatic hydroxyl groups is 8. The van der Waals surface area contributed by atoms with Crippen LogP contribution in [0.2, 0.25) is 10.0 Å². The monoisotopic (exact) mass is 1030 g/mol. The lowest BCUT2D eigenvalue weighted by molar-refractivity contribution is -0.890. The molecule has 0 saturated carbocycles. The van der Waals surface area contributed by atoms with Gasteiger partial charge in [-0.2, -0.15) is 0 Å². The summed E-state index contributed by atoms with van der Waals surface area (Å²) in [5.74, 6) is 0.817. The van der Waals surface area contributed by atoms with E-state index in [4.69, 9.17) is 37.4 Å². The summed E-state index contributed by atoms with van der Waals surface area (Å²) in [5, 5.41) is 82.9. The molecule has 0 spiro atoms. The van der Waals surface area contributed by atoms with Crippen LogP contribution in [-0.2, 0) is 28.7 Å². The molecule has 70 heavy (non-hydrogen) atoms. The summed E-state index contributed by atoms with van der Waals surface area (Å²) in [6.07, 6.45) is -8.62. The molecule has 2 fully saturated rings. The quantitative estimate of drug-likeness (QED) is 0.0385. The van der Waals surface area contributed by atoms with Crippen molar-refractivity contribution in [3.05, 3.63) is 157 Å².